The summed E-state index contributed by atoms with van der Waals surface area (Å²) < 4.78 is 32.8. The number of carbonyl (C=O) groups is 1. The third-order valence-electron chi connectivity index (χ3n) is 4.27. The summed E-state index contributed by atoms with van der Waals surface area (Å²) in [5, 5.41) is 0. The predicted molar refractivity (Wildman–Crippen MR) is 98.7 cm³/mol. The van der Waals surface area contributed by atoms with Crippen molar-refractivity contribution < 1.29 is 17.9 Å². The molecule has 2 aromatic rings. The number of nitrogens with one attached hydrogen (secondary N) is 1. The molecule has 1 atom stereocenters. The molecule has 8 heteroatoms. The first-order valence-corrected chi connectivity index (χ1v) is 9.70. The van der Waals surface area contributed by atoms with Crippen molar-refractivity contribution in [2.75, 3.05) is 24.9 Å². The third kappa shape index (κ3) is 3.81. The lowest BCUT2D eigenvalue weighted by atomic mass is 10.2. The van der Waals surface area contributed by atoms with Crippen LogP contribution in [-0.4, -0.2) is 45.5 Å². The quantitative estimate of drug-likeness (QED) is 0.828. The second-order valence-electron chi connectivity index (χ2n) is 6.13. The van der Waals surface area contributed by atoms with Crippen LogP contribution in [0.1, 0.15) is 16.8 Å². The number of carbonyl (C=O) groups excluding carboxylic acids is 1. The van der Waals surface area contributed by atoms with Gasteiger partial charge in [-0.1, -0.05) is 12.1 Å². The molecule has 138 valence electrons. The van der Waals surface area contributed by atoms with Gasteiger partial charge >= 0.3 is 0 Å². The summed E-state index contributed by atoms with van der Waals surface area (Å²) in [4.78, 5) is 14.2. The highest BCUT2D eigenvalue weighted by atomic mass is 32.2. The van der Waals surface area contributed by atoms with E-state index in [9.17, 15) is 13.2 Å². The number of methoxy groups -OCH3 is 1. The summed E-state index contributed by atoms with van der Waals surface area (Å²) in [5.74, 6) is 0.285. The highest BCUT2D eigenvalue weighted by Crippen LogP contribution is 2.26. The molecule has 3 rings (SSSR count). The smallest absolute Gasteiger partial charge is 0.262 e. The van der Waals surface area contributed by atoms with Crippen molar-refractivity contribution in [1.82, 2.24) is 4.90 Å². The Bertz CT molecular complexity index is 897. The Labute approximate surface area is 152 Å². The molecule has 0 unspecified atom stereocenters. The number of benzene rings is 2. The van der Waals surface area contributed by atoms with E-state index in [1.807, 2.05) is 0 Å². The van der Waals surface area contributed by atoms with Crippen molar-refractivity contribution in [1.29, 1.82) is 0 Å². The van der Waals surface area contributed by atoms with Crippen LogP contribution in [0.25, 0.3) is 0 Å². The van der Waals surface area contributed by atoms with Crippen molar-refractivity contribution >= 4 is 21.6 Å². The van der Waals surface area contributed by atoms with Gasteiger partial charge in [-0.25, -0.2) is 8.42 Å². The molecule has 0 aromatic heterocycles. The molecule has 0 spiro atoms. The van der Waals surface area contributed by atoms with Crippen molar-refractivity contribution in [2.24, 2.45) is 5.73 Å². The number of anilines is 1. The number of ether oxygens (including phenoxy) is 1. The van der Waals surface area contributed by atoms with Crippen LogP contribution >= 0.6 is 0 Å². The molecular weight excluding hydrogens is 354 g/mol. The molecule has 0 radical (unpaired) electrons. The second-order valence-corrected chi connectivity index (χ2v) is 7.81. The van der Waals surface area contributed by atoms with Crippen LogP contribution < -0.4 is 15.2 Å². The second kappa shape index (κ2) is 7.35. The van der Waals surface area contributed by atoms with E-state index in [0.717, 1.165) is 6.42 Å². The maximum atomic E-state index is 12.6. The van der Waals surface area contributed by atoms with Gasteiger partial charge in [0.25, 0.3) is 15.9 Å². The van der Waals surface area contributed by atoms with Crippen LogP contribution in [0.3, 0.4) is 0 Å². The fourth-order valence-electron chi connectivity index (χ4n) is 2.86. The minimum absolute atomic E-state index is 0.00338. The lowest BCUT2D eigenvalue weighted by Gasteiger charge is -2.16. The maximum absolute atomic E-state index is 12.6. The number of hydrogen-bond acceptors (Lipinski definition) is 5. The molecule has 26 heavy (non-hydrogen) atoms. The predicted octanol–water partition coefficient (Wildman–Crippen LogP) is 1.67. The van der Waals surface area contributed by atoms with E-state index in [-0.39, 0.29) is 16.8 Å². The number of likely N-dealkylation sites (tertiary alicyclic amines) is 1. The summed E-state index contributed by atoms with van der Waals surface area (Å²) in [6.07, 6.45) is 0.779. The third-order valence-corrected chi connectivity index (χ3v) is 5.66. The molecular formula is C18H21N3O4S. The van der Waals surface area contributed by atoms with Crippen molar-refractivity contribution in [3.8, 4) is 5.75 Å². The van der Waals surface area contributed by atoms with E-state index in [2.05, 4.69) is 4.72 Å². The fraction of sp³-hybridized carbons (Fsp3) is 0.278. The van der Waals surface area contributed by atoms with Crippen LogP contribution in [0.5, 0.6) is 5.75 Å². The van der Waals surface area contributed by atoms with E-state index in [4.69, 9.17) is 10.5 Å². The number of rotatable bonds is 5. The highest BCUT2D eigenvalue weighted by Gasteiger charge is 2.25. The van der Waals surface area contributed by atoms with E-state index < -0.39 is 10.0 Å². The van der Waals surface area contributed by atoms with Gasteiger partial charge in [0.1, 0.15) is 5.75 Å². The SMILES string of the molecule is COc1ccccc1NS(=O)(=O)c1ccc(C(=O)N2CC[C@@H](N)C2)cc1. The van der Waals surface area contributed by atoms with Crippen LogP contribution in [0.4, 0.5) is 5.69 Å². The highest BCUT2D eigenvalue weighted by molar-refractivity contribution is 7.92. The van der Waals surface area contributed by atoms with Gasteiger partial charge in [0.15, 0.2) is 0 Å². The van der Waals surface area contributed by atoms with Gasteiger partial charge in [-0.05, 0) is 42.8 Å². The molecule has 1 fully saturated rings. The molecule has 0 aliphatic carbocycles. The zero-order valence-corrected chi connectivity index (χ0v) is 15.2. The van der Waals surface area contributed by atoms with Crippen LogP contribution in [-0.2, 0) is 10.0 Å². The topological polar surface area (TPSA) is 102 Å². The Morgan fingerprint density at radius 1 is 1.19 bits per heavy atom. The van der Waals surface area contributed by atoms with Gasteiger partial charge in [0.05, 0.1) is 17.7 Å². The van der Waals surface area contributed by atoms with Gasteiger partial charge in [-0.15, -0.1) is 0 Å². The maximum Gasteiger partial charge on any atom is 0.262 e. The molecule has 0 saturated carbocycles. The zero-order chi connectivity index (χ0) is 18.7. The monoisotopic (exact) mass is 375 g/mol. The summed E-state index contributed by atoms with van der Waals surface area (Å²) in [6, 6.07) is 12.6. The Hall–Kier alpha value is -2.58. The van der Waals surface area contributed by atoms with Crippen LogP contribution in [0, 0.1) is 0 Å². The minimum atomic E-state index is -3.79. The van der Waals surface area contributed by atoms with Crippen molar-refractivity contribution in [3.05, 3.63) is 54.1 Å². The molecule has 1 aliphatic heterocycles. The molecule has 1 saturated heterocycles. The Balaban J connectivity index is 1.78. The Morgan fingerprint density at radius 2 is 1.88 bits per heavy atom. The summed E-state index contributed by atoms with van der Waals surface area (Å²) >= 11 is 0. The summed E-state index contributed by atoms with van der Waals surface area (Å²) in [6.45, 7) is 1.14. The number of hydrogen-bond donors (Lipinski definition) is 2. The Morgan fingerprint density at radius 3 is 2.50 bits per heavy atom. The average Bonchev–Trinajstić information content (AvgIpc) is 3.08. The van der Waals surface area contributed by atoms with Gasteiger partial charge < -0.3 is 15.4 Å². The van der Waals surface area contributed by atoms with Crippen molar-refractivity contribution in [3.63, 3.8) is 0 Å². The van der Waals surface area contributed by atoms with Crippen LogP contribution in [0.15, 0.2) is 53.4 Å². The molecule has 1 amide bonds. The largest absolute Gasteiger partial charge is 0.495 e. The Kier molecular flexibility index (Phi) is 5.15. The van der Waals surface area contributed by atoms with E-state index in [0.29, 0.717) is 30.1 Å². The number of nitrogens with zero attached hydrogens (tertiary/aromatic N) is 1. The number of amides is 1. The first-order valence-electron chi connectivity index (χ1n) is 8.21. The van der Waals surface area contributed by atoms with E-state index >= 15 is 0 Å². The lowest BCUT2D eigenvalue weighted by molar-refractivity contribution is 0.0791. The van der Waals surface area contributed by atoms with Gasteiger partial charge in [0.2, 0.25) is 0 Å². The first-order chi connectivity index (χ1) is 12.4. The number of sulfonamides is 1. The molecule has 0 bridgehead atoms. The fourth-order valence-corrected chi connectivity index (χ4v) is 3.93. The summed E-state index contributed by atoms with van der Waals surface area (Å²) in [7, 11) is -2.32. The average molecular weight is 375 g/mol. The zero-order valence-electron chi connectivity index (χ0n) is 14.4. The number of para-hydroxylation sites is 2. The lowest BCUT2D eigenvalue weighted by Crippen LogP contribution is -2.31. The summed E-state index contributed by atoms with van der Waals surface area (Å²) in [5.41, 5.74) is 6.62. The molecule has 7 nitrogen and oxygen atoms in total. The number of nitrogens with two attached hydrogens (primary N) is 1. The van der Waals surface area contributed by atoms with Gasteiger partial charge in [0, 0.05) is 24.7 Å². The molecule has 2 aromatic carbocycles. The minimum Gasteiger partial charge on any atom is -0.495 e. The molecule has 1 aliphatic rings. The standard InChI is InChI=1S/C18H21N3O4S/c1-25-17-5-3-2-4-16(17)20-26(23,24)15-8-6-13(7-9-15)18(22)21-11-10-14(19)12-21/h2-9,14,20H,10-12,19H2,1H3/t14-/m1/s1. The van der Waals surface area contributed by atoms with Crippen molar-refractivity contribution in [2.45, 2.75) is 17.4 Å². The van der Waals surface area contributed by atoms with E-state index in [1.165, 1.54) is 31.4 Å². The molecule has 1 heterocycles. The normalized spacial score (nSPS) is 17.2. The van der Waals surface area contributed by atoms with Gasteiger partial charge in [-0.2, -0.15) is 0 Å². The first kappa shape index (κ1) is 18.2. The van der Waals surface area contributed by atoms with E-state index in [1.54, 1.807) is 29.2 Å². The van der Waals surface area contributed by atoms with Gasteiger partial charge in [-0.3, -0.25) is 9.52 Å². The molecule has 3 N–H and O–H groups in total. The van der Waals surface area contributed by atoms with Crippen LogP contribution in [0.2, 0.25) is 0 Å².